The van der Waals surface area contributed by atoms with Crippen LogP contribution >= 0.6 is 11.6 Å². The van der Waals surface area contributed by atoms with Crippen molar-refractivity contribution >= 4 is 28.5 Å². The van der Waals surface area contributed by atoms with E-state index in [1.165, 1.54) is 13.4 Å². The molecule has 2 heterocycles. The molecular formula is C27H22ClNO5. The van der Waals surface area contributed by atoms with Crippen molar-refractivity contribution in [1.29, 1.82) is 0 Å². The molecule has 172 valence electrons. The first-order chi connectivity index (χ1) is 16.5. The molecule has 34 heavy (non-hydrogen) atoms. The Morgan fingerprint density at radius 2 is 1.85 bits per heavy atom. The van der Waals surface area contributed by atoms with Crippen molar-refractivity contribution < 1.29 is 18.7 Å². The number of rotatable bonds is 5. The summed E-state index contributed by atoms with van der Waals surface area (Å²) < 4.78 is 17.0. The van der Waals surface area contributed by atoms with Crippen LogP contribution in [0.5, 0.6) is 5.75 Å². The van der Waals surface area contributed by atoms with Crippen molar-refractivity contribution in [2.45, 2.75) is 19.0 Å². The molecule has 1 aliphatic heterocycles. The van der Waals surface area contributed by atoms with Gasteiger partial charge in [0, 0.05) is 11.6 Å². The van der Waals surface area contributed by atoms with Gasteiger partial charge in [-0.05, 0) is 41.8 Å². The lowest BCUT2D eigenvalue weighted by atomic mass is 10.0. The van der Waals surface area contributed by atoms with Crippen molar-refractivity contribution in [2.24, 2.45) is 0 Å². The van der Waals surface area contributed by atoms with Crippen molar-refractivity contribution in [3.05, 3.63) is 99.4 Å². The predicted octanol–water partition coefficient (Wildman–Crippen LogP) is 5.05. The second-order valence-electron chi connectivity index (χ2n) is 8.15. The van der Waals surface area contributed by atoms with E-state index in [0.717, 1.165) is 16.7 Å². The summed E-state index contributed by atoms with van der Waals surface area (Å²) in [6.07, 6.45) is 1.94. The lowest BCUT2D eigenvalue weighted by Gasteiger charge is -2.34. The Morgan fingerprint density at radius 1 is 1.09 bits per heavy atom. The second kappa shape index (κ2) is 9.33. The Morgan fingerprint density at radius 3 is 2.59 bits per heavy atom. The van der Waals surface area contributed by atoms with Gasteiger partial charge in [0.05, 0.1) is 23.6 Å². The summed E-state index contributed by atoms with van der Waals surface area (Å²) in [6, 6.07) is 19.7. The zero-order valence-corrected chi connectivity index (χ0v) is 19.2. The fourth-order valence-corrected chi connectivity index (χ4v) is 4.42. The van der Waals surface area contributed by atoms with Gasteiger partial charge in [0.15, 0.2) is 0 Å². The average molecular weight is 476 g/mol. The maximum atomic E-state index is 13.3. The van der Waals surface area contributed by atoms with Crippen molar-refractivity contribution in [3.8, 4) is 16.9 Å². The van der Waals surface area contributed by atoms with Crippen LogP contribution in [0.3, 0.4) is 0 Å². The van der Waals surface area contributed by atoms with Crippen LogP contribution in [0, 0.1) is 0 Å². The van der Waals surface area contributed by atoms with Crippen LogP contribution in [-0.2, 0) is 22.5 Å². The third kappa shape index (κ3) is 4.18. The third-order valence-electron chi connectivity index (χ3n) is 6.09. The summed E-state index contributed by atoms with van der Waals surface area (Å²) in [6.45, 7) is 0.598. The molecule has 5 rings (SSSR count). The first-order valence-electron chi connectivity index (χ1n) is 10.9. The average Bonchev–Trinajstić information content (AvgIpc) is 2.88. The first kappa shape index (κ1) is 22.2. The van der Waals surface area contributed by atoms with Crippen molar-refractivity contribution in [1.82, 2.24) is 4.90 Å². The van der Waals surface area contributed by atoms with Gasteiger partial charge in [-0.3, -0.25) is 14.5 Å². The van der Waals surface area contributed by atoms with Gasteiger partial charge in [0.25, 0.3) is 0 Å². The topological polar surface area (TPSA) is 69.0 Å². The highest BCUT2D eigenvalue weighted by atomic mass is 35.5. The Balaban J connectivity index is 1.52. The van der Waals surface area contributed by atoms with E-state index in [4.69, 9.17) is 25.5 Å². The molecule has 0 saturated carbocycles. The van der Waals surface area contributed by atoms with Crippen molar-refractivity contribution in [3.63, 3.8) is 0 Å². The third-order valence-corrected chi connectivity index (χ3v) is 6.34. The normalized spacial score (nSPS) is 14.3. The standard InChI is InChI=1S/C27H22ClNO5/c1-32-27(31)23(13-17-5-3-2-4-6-17)29-14-21-24(34-16-29)12-11-20-25(30)22(15-33-26(20)21)18-7-9-19(28)10-8-18/h2-12,15,23H,13-14,16H2,1H3. The minimum Gasteiger partial charge on any atom is -0.478 e. The van der Waals surface area contributed by atoms with E-state index in [1.807, 2.05) is 35.2 Å². The van der Waals surface area contributed by atoms with Gasteiger partial charge in [0.2, 0.25) is 5.43 Å². The molecule has 0 amide bonds. The van der Waals surface area contributed by atoms with E-state index < -0.39 is 6.04 Å². The van der Waals surface area contributed by atoms with Crippen LogP contribution in [0.25, 0.3) is 22.1 Å². The number of carbonyl (C=O) groups excluding carboxylic acids is 1. The Kier molecular flexibility index (Phi) is 6.09. The number of esters is 1. The van der Waals surface area contributed by atoms with Gasteiger partial charge < -0.3 is 13.9 Å². The van der Waals surface area contributed by atoms with Crippen LogP contribution in [0.15, 0.2) is 82.2 Å². The molecule has 4 aromatic rings. The molecular weight excluding hydrogens is 454 g/mol. The van der Waals surface area contributed by atoms with E-state index in [2.05, 4.69) is 0 Å². The van der Waals surface area contributed by atoms with Crippen LogP contribution in [0.4, 0.5) is 0 Å². The number of hydrogen-bond donors (Lipinski definition) is 0. The molecule has 7 heteroatoms. The molecule has 1 unspecified atom stereocenters. The molecule has 0 fully saturated rings. The number of fused-ring (bicyclic) bond motifs is 3. The van der Waals surface area contributed by atoms with Gasteiger partial charge >= 0.3 is 5.97 Å². The number of halogens is 1. The molecule has 0 bridgehead atoms. The predicted molar refractivity (Wildman–Crippen MR) is 130 cm³/mol. The Hall–Kier alpha value is -3.61. The van der Waals surface area contributed by atoms with E-state index in [1.54, 1.807) is 36.4 Å². The van der Waals surface area contributed by atoms with E-state index in [0.29, 0.717) is 40.3 Å². The maximum absolute atomic E-state index is 13.3. The summed E-state index contributed by atoms with van der Waals surface area (Å²) in [7, 11) is 1.38. The van der Waals surface area contributed by atoms with E-state index in [9.17, 15) is 9.59 Å². The molecule has 0 aliphatic carbocycles. The Bertz CT molecular complexity index is 1400. The van der Waals surface area contributed by atoms with Gasteiger partial charge in [-0.15, -0.1) is 0 Å². The lowest BCUT2D eigenvalue weighted by Crippen LogP contribution is -2.46. The van der Waals surface area contributed by atoms with Gasteiger partial charge in [-0.25, -0.2) is 0 Å². The fraction of sp³-hybridized carbons (Fsp3) is 0.185. The van der Waals surface area contributed by atoms with Crippen LogP contribution in [0.2, 0.25) is 5.02 Å². The SMILES string of the molecule is COC(=O)C(Cc1ccccc1)N1COc2ccc3c(=O)c(-c4ccc(Cl)cc4)coc3c2C1. The van der Waals surface area contributed by atoms with Crippen LogP contribution in [-0.4, -0.2) is 30.8 Å². The summed E-state index contributed by atoms with van der Waals surface area (Å²) in [5, 5.41) is 1.05. The van der Waals surface area contributed by atoms with E-state index >= 15 is 0 Å². The zero-order valence-electron chi connectivity index (χ0n) is 18.5. The first-order valence-corrected chi connectivity index (χ1v) is 11.2. The highest BCUT2D eigenvalue weighted by molar-refractivity contribution is 6.30. The number of ether oxygens (including phenoxy) is 2. The van der Waals surface area contributed by atoms with Gasteiger partial charge in [0.1, 0.15) is 30.4 Å². The number of nitrogens with zero attached hydrogens (tertiary/aromatic N) is 1. The second-order valence-corrected chi connectivity index (χ2v) is 8.59. The molecule has 6 nitrogen and oxygen atoms in total. The smallest absolute Gasteiger partial charge is 0.323 e. The van der Waals surface area contributed by atoms with Crippen molar-refractivity contribution in [2.75, 3.05) is 13.8 Å². The maximum Gasteiger partial charge on any atom is 0.323 e. The van der Waals surface area contributed by atoms with E-state index in [-0.39, 0.29) is 18.1 Å². The number of methoxy groups -OCH3 is 1. The quantitative estimate of drug-likeness (QED) is 0.376. The molecule has 1 aromatic heterocycles. The molecule has 0 N–H and O–H groups in total. The van der Waals surface area contributed by atoms with Gasteiger partial charge in [-0.1, -0.05) is 54.1 Å². The highest BCUT2D eigenvalue weighted by Gasteiger charge is 2.32. The minimum atomic E-state index is -0.545. The largest absolute Gasteiger partial charge is 0.478 e. The summed E-state index contributed by atoms with van der Waals surface area (Å²) in [5.41, 5.74) is 3.23. The lowest BCUT2D eigenvalue weighted by molar-refractivity contribution is -0.149. The summed E-state index contributed by atoms with van der Waals surface area (Å²) >= 11 is 5.98. The molecule has 0 saturated heterocycles. The van der Waals surface area contributed by atoms with Crippen LogP contribution < -0.4 is 10.2 Å². The van der Waals surface area contributed by atoms with Crippen LogP contribution in [0.1, 0.15) is 11.1 Å². The number of carbonyl (C=O) groups is 1. The Labute approximate surface area is 201 Å². The molecule has 1 atom stereocenters. The number of hydrogen-bond acceptors (Lipinski definition) is 6. The highest BCUT2D eigenvalue weighted by Crippen LogP contribution is 2.33. The van der Waals surface area contributed by atoms with Gasteiger partial charge in [-0.2, -0.15) is 0 Å². The monoisotopic (exact) mass is 475 g/mol. The minimum absolute atomic E-state index is 0.141. The molecule has 0 radical (unpaired) electrons. The summed E-state index contributed by atoms with van der Waals surface area (Å²) in [5.74, 6) is 0.289. The zero-order chi connectivity index (χ0) is 23.7. The molecule has 0 spiro atoms. The summed E-state index contributed by atoms with van der Waals surface area (Å²) in [4.78, 5) is 27.9. The fourth-order valence-electron chi connectivity index (χ4n) is 4.29. The molecule has 3 aromatic carbocycles. The molecule has 1 aliphatic rings. The number of benzene rings is 3.